The van der Waals surface area contributed by atoms with Gasteiger partial charge in [0, 0.05) is 22.7 Å². The summed E-state index contributed by atoms with van der Waals surface area (Å²) in [5.74, 6) is 0.645. The van der Waals surface area contributed by atoms with Crippen LogP contribution < -0.4 is 0 Å². The van der Waals surface area contributed by atoms with Crippen LogP contribution in [0.15, 0.2) is 0 Å². The van der Waals surface area contributed by atoms with E-state index in [1.807, 2.05) is 0 Å². The van der Waals surface area contributed by atoms with Crippen molar-refractivity contribution in [2.24, 2.45) is 5.92 Å². The van der Waals surface area contributed by atoms with Gasteiger partial charge in [-0.05, 0) is 25.2 Å². The first-order valence-corrected chi connectivity index (χ1v) is 5.48. The molecule has 0 bridgehead atoms. The Kier molecular flexibility index (Phi) is 4.72. The van der Waals surface area contributed by atoms with Crippen molar-refractivity contribution >= 4 is 23.6 Å². The van der Waals surface area contributed by atoms with E-state index in [1.54, 1.807) is 0 Å². The molecule has 0 heterocycles. The molecule has 3 atom stereocenters. The highest BCUT2D eigenvalue weighted by atomic mass is 35.5. The normalized spacial score (nSPS) is 36.8. The van der Waals surface area contributed by atoms with Crippen LogP contribution in [-0.4, -0.2) is 17.7 Å². The Labute approximate surface area is 83.1 Å². The van der Waals surface area contributed by atoms with Gasteiger partial charge in [0.25, 0.3) is 0 Å². The van der Waals surface area contributed by atoms with Crippen molar-refractivity contribution in [2.45, 2.75) is 36.8 Å². The standard InChI is InChI=1S/C8H15ClO2S/c1-6-3-4-7(5-8(6)9)12-11-10-2/h6-8H,3-5H2,1-2H3. The Morgan fingerprint density at radius 2 is 2.17 bits per heavy atom. The highest BCUT2D eigenvalue weighted by molar-refractivity contribution is 7.95. The molecular weight excluding hydrogens is 196 g/mol. The van der Waals surface area contributed by atoms with Gasteiger partial charge in [0.15, 0.2) is 0 Å². The molecule has 1 aliphatic carbocycles. The maximum absolute atomic E-state index is 6.13. The molecule has 72 valence electrons. The summed E-state index contributed by atoms with van der Waals surface area (Å²) < 4.78 is 4.81. The lowest BCUT2D eigenvalue weighted by atomic mass is 9.90. The van der Waals surface area contributed by atoms with E-state index < -0.39 is 0 Å². The molecule has 1 fully saturated rings. The summed E-state index contributed by atoms with van der Waals surface area (Å²) in [7, 11) is 1.52. The first kappa shape index (κ1) is 10.6. The minimum atomic E-state index is 0.303. The van der Waals surface area contributed by atoms with Crippen molar-refractivity contribution in [2.75, 3.05) is 7.11 Å². The van der Waals surface area contributed by atoms with E-state index in [0.717, 1.165) is 6.42 Å². The minimum absolute atomic E-state index is 0.303. The van der Waals surface area contributed by atoms with Gasteiger partial charge < -0.3 is 0 Å². The maximum Gasteiger partial charge on any atom is 0.0725 e. The zero-order valence-electron chi connectivity index (χ0n) is 7.46. The smallest absolute Gasteiger partial charge is 0.0725 e. The van der Waals surface area contributed by atoms with Gasteiger partial charge in [-0.1, -0.05) is 6.92 Å². The summed E-state index contributed by atoms with van der Waals surface area (Å²) in [5.41, 5.74) is 0. The molecule has 0 aromatic rings. The van der Waals surface area contributed by atoms with Crippen LogP contribution >= 0.6 is 23.6 Å². The summed E-state index contributed by atoms with van der Waals surface area (Å²) in [6.45, 7) is 2.20. The van der Waals surface area contributed by atoms with Crippen LogP contribution in [0, 0.1) is 5.92 Å². The van der Waals surface area contributed by atoms with Crippen LogP contribution in [0.25, 0.3) is 0 Å². The fourth-order valence-electron chi connectivity index (χ4n) is 1.41. The molecule has 0 radical (unpaired) electrons. The zero-order chi connectivity index (χ0) is 8.97. The monoisotopic (exact) mass is 210 g/mol. The third-order valence-electron chi connectivity index (χ3n) is 2.29. The average molecular weight is 211 g/mol. The fourth-order valence-corrected chi connectivity index (χ4v) is 2.57. The van der Waals surface area contributed by atoms with Crippen molar-refractivity contribution < 1.29 is 9.22 Å². The third-order valence-corrected chi connectivity index (χ3v) is 3.82. The Balaban J connectivity index is 2.21. The zero-order valence-corrected chi connectivity index (χ0v) is 9.03. The molecule has 4 heteroatoms. The van der Waals surface area contributed by atoms with Gasteiger partial charge in [0.05, 0.1) is 7.11 Å². The topological polar surface area (TPSA) is 18.5 Å². The lowest BCUT2D eigenvalue weighted by molar-refractivity contribution is -0.161. The van der Waals surface area contributed by atoms with Gasteiger partial charge >= 0.3 is 0 Å². The lowest BCUT2D eigenvalue weighted by Gasteiger charge is -2.28. The van der Waals surface area contributed by atoms with Gasteiger partial charge in [0.1, 0.15) is 0 Å². The molecule has 2 nitrogen and oxygen atoms in total. The molecule has 0 spiro atoms. The van der Waals surface area contributed by atoms with Crippen molar-refractivity contribution in [1.82, 2.24) is 0 Å². The maximum atomic E-state index is 6.13. The van der Waals surface area contributed by atoms with Crippen molar-refractivity contribution in [1.29, 1.82) is 0 Å². The molecule has 1 rings (SSSR count). The number of halogens is 1. The van der Waals surface area contributed by atoms with E-state index in [1.165, 1.54) is 32.0 Å². The highest BCUT2D eigenvalue weighted by Gasteiger charge is 2.27. The van der Waals surface area contributed by atoms with E-state index in [9.17, 15) is 0 Å². The Morgan fingerprint density at radius 1 is 1.42 bits per heavy atom. The molecule has 0 aliphatic heterocycles. The Morgan fingerprint density at radius 3 is 2.75 bits per heavy atom. The number of alkyl halides is 1. The van der Waals surface area contributed by atoms with Crippen LogP contribution in [0.4, 0.5) is 0 Å². The van der Waals surface area contributed by atoms with Gasteiger partial charge in [-0.3, -0.25) is 0 Å². The van der Waals surface area contributed by atoms with E-state index in [0.29, 0.717) is 16.5 Å². The SMILES string of the molecule is COOSC1CCC(C)C(Cl)C1. The third kappa shape index (κ3) is 3.13. The molecule has 1 saturated carbocycles. The van der Waals surface area contributed by atoms with Crippen molar-refractivity contribution in [3.63, 3.8) is 0 Å². The quantitative estimate of drug-likeness (QED) is 0.309. The minimum Gasteiger partial charge on any atom is -0.228 e. The van der Waals surface area contributed by atoms with Crippen LogP contribution in [0.3, 0.4) is 0 Å². The first-order chi connectivity index (χ1) is 5.74. The molecule has 1 aliphatic rings. The van der Waals surface area contributed by atoms with E-state index in [2.05, 4.69) is 11.8 Å². The molecule has 0 aromatic heterocycles. The number of rotatable bonds is 3. The molecule has 0 amide bonds. The van der Waals surface area contributed by atoms with Gasteiger partial charge in [-0.15, -0.1) is 11.6 Å². The Hall–Kier alpha value is 0.560. The first-order valence-electron chi connectivity index (χ1n) is 4.24. The molecule has 0 N–H and O–H groups in total. The summed E-state index contributed by atoms with van der Waals surface area (Å²) in [6, 6.07) is 0. The van der Waals surface area contributed by atoms with Crippen LogP contribution in [-0.2, 0) is 9.22 Å². The number of hydrogen-bond acceptors (Lipinski definition) is 3. The summed E-state index contributed by atoms with van der Waals surface area (Å²) in [5, 5.41) is 0.806. The second-order valence-corrected chi connectivity index (χ2v) is 4.82. The molecule has 3 unspecified atom stereocenters. The van der Waals surface area contributed by atoms with Crippen molar-refractivity contribution in [3.8, 4) is 0 Å². The van der Waals surface area contributed by atoms with Gasteiger partial charge in [-0.2, -0.15) is 4.33 Å². The Bertz CT molecular complexity index is 132. The summed E-state index contributed by atoms with van der Waals surface area (Å²) >= 11 is 7.53. The van der Waals surface area contributed by atoms with Gasteiger partial charge in [-0.25, -0.2) is 4.89 Å². The molecule has 0 aromatic carbocycles. The molecule has 0 saturated heterocycles. The van der Waals surface area contributed by atoms with Crippen LogP contribution in [0.1, 0.15) is 26.2 Å². The van der Waals surface area contributed by atoms with E-state index in [-0.39, 0.29) is 0 Å². The molecule has 12 heavy (non-hydrogen) atoms. The van der Waals surface area contributed by atoms with Crippen LogP contribution in [0.2, 0.25) is 0 Å². The second kappa shape index (κ2) is 5.32. The highest BCUT2D eigenvalue weighted by Crippen LogP contribution is 2.34. The van der Waals surface area contributed by atoms with Crippen LogP contribution in [0.5, 0.6) is 0 Å². The predicted octanol–water partition coefficient (Wildman–Crippen LogP) is 3.01. The summed E-state index contributed by atoms with van der Waals surface area (Å²) in [4.78, 5) is 4.53. The second-order valence-electron chi connectivity index (χ2n) is 3.26. The van der Waals surface area contributed by atoms with E-state index in [4.69, 9.17) is 15.9 Å². The summed E-state index contributed by atoms with van der Waals surface area (Å²) in [6.07, 6.45) is 3.40. The van der Waals surface area contributed by atoms with E-state index >= 15 is 0 Å². The largest absolute Gasteiger partial charge is 0.228 e. The van der Waals surface area contributed by atoms with Crippen molar-refractivity contribution in [3.05, 3.63) is 0 Å². The van der Waals surface area contributed by atoms with Gasteiger partial charge in [0.2, 0.25) is 0 Å². The lowest BCUT2D eigenvalue weighted by Crippen LogP contribution is -2.24. The predicted molar refractivity (Wildman–Crippen MR) is 52.1 cm³/mol. The number of hydrogen-bond donors (Lipinski definition) is 0. The molecular formula is C8H15ClO2S. The fraction of sp³-hybridized carbons (Fsp3) is 1.00. The average Bonchev–Trinajstić information content (AvgIpc) is 2.07.